The number of rotatable bonds is 3. The highest BCUT2D eigenvalue weighted by molar-refractivity contribution is 5.99. The van der Waals surface area contributed by atoms with Gasteiger partial charge in [-0.25, -0.2) is 0 Å². The normalized spacial score (nSPS) is 19.8. The summed E-state index contributed by atoms with van der Waals surface area (Å²) in [6.07, 6.45) is 1.31. The first kappa shape index (κ1) is 16.5. The zero-order valence-corrected chi connectivity index (χ0v) is 14.2. The van der Waals surface area contributed by atoms with E-state index in [0.29, 0.717) is 26.1 Å². The summed E-state index contributed by atoms with van der Waals surface area (Å²) in [4.78, 5) is 41.8. The number of hydrogen-bond acceptors (Lipinski definition) is 3. The quantitative estimate of drug-likeness (QED) is 0.837. The zero-order chi connectivity index (χ0) is 17.3. The molecular formula is C18H23N3O3. The van der Waals surface area contributed by atoms with Crippen LogP contribution >= 0.6 is 0 Å². The van der Waals surface area contributed by atoms with E-state index in [9.17, 15) is 14.4 Å². The summed E-state index contributed by atoms with van der Waals surface area (Å²) in [5.41, 5.74) is 2.00. The Labute approximate surface area is 142 Å². The topological polar surface area (TPSA) is 60.9 Å². The van der Waals surface area contributed by atoms with Crippen molar-refractivity contribution >= 4 is 23.4 Å². The number of hydrogen-bond donors (Lipinski definition) is 0. The predicted octanol–water partition coefficient (Wildman–Crippen LogP) is 1.18. The van der Waals surface area contributed by atoms with Crippen LogP contribution < -0.4 is 4.90 Å². The molecule has 0 spiro atoms. The minimum absolute atomic E-state index is 0.0282. The molecule has 0 N–H and O–H groups in total. The SMILES string of the molecule is Cc1ccc(N2CCN(C(=O)[C@@H](C)N3CCCC3=O)CC2=O)cc1. The molecule has 0 radical (unpaired) electrons. The number of aryl methyl sites for hydroxylation is 1. The van der Waals surface area contributed by atoms with E-state index in [2.05, 4.69) is 0 Å². The highest BCUT2D eigenvalue weighted by Crippen LogP contribution is 2.20. The second-order valence-electron chi connectivity index (χ2n) is 6.51. The third kappa shape index (κ3) is 3.13. The molecule has 2 heterocycles. The van der Waals surface area contributed by atoms with Crippen LogP contribution in [0.5, 0.6) is 0 Å². The van der Waals surface area contributed by atoms with Crippen LogP contribution in [0.3, 0.4) is 0 Å². The number of carbonyl (C=O) groups is 3. The average Bonchev–Trinajstić information content (AvgIpc) is 3.00. The van der Waals surface area contributed by atoms with Crippen molar-refractivity contribution in [2.24, 2.45) is 0 Å². The van der Waals surface area contributed by atoms with Crippen LogP contribution in [0.25, 0.3) is 0 Å². The second-order valence-corrected chi connectivity index (χ2v) is 6.51. The van der Waals surface area contributed by atoms with Crippen LogP contribution in [0.15, 0.2) is 24.3 Å². The molecule has 3 amide bonds. The van der Waals surface area contributed by atoms with Crippen LogP contribution in [0, 0.1) is 6.92 Å². The van der Waals surface area contributed by atoms with Gasteiger partial charge in [0.05, 0.1) is 0 Å². The van der Waals surface area contributed by atoms with Gasteiger partial charge in [0, 0.05) is 31.7 Å². The molecule has 0 bridgehead atoms. The molecule has 2 aliphatic rings. The Morgan fingerprint density at radius 1 is 1.04 bits per heavy atom. The molecule has 0 aliphatic carbocycles. The van der Waals surface area contributed by atoms with Gasteiger partial charge < -0.3 is 14.7 Å². The maximum absolute atomic E-state index is 12.6. The van der Waals surface area contributed by atoms with E-state index in [1.54, 1.807) is 21.6 Å². The van der Waals surface area contributed by atoms with Gasteiger partial charge in [0.1, 0.15) is 12.6 Å². The standard InChI is InChI=1S/C18H23N3O3/c1-13-5-7-15(8-6-13)21-11-10-19(12-17(21)23)18(24)14(2)20-9-3-4-16(20)22/h5-8,14H,3-4,9-12H2,1-2H3/t14-/m1/s1. The predicted molar refractivity (Wildman–Crippen MR) is 90.5 cm³/mol. The Bertz CT molecular complexity index is 656. The summed E-state index contributed by atoms with van der Waals surface area (Å²) >= 11 is 0. The first-order valence-electron chi connectivity index (χ1n) is 8.42. The Hall–Kier alpha value is -2.37. The molecule has 0 aromatic heterocycles. The fourth-order valence-electron chi connectivity index (χ4n) is 3.34. The van der Waals surface area contributed by atoms with Gasteiger partial charge in [-0.15, -0.1) is 0 Å². The first-order chi connectivity index (χ1) is 11.5. The van der Waals surface area contributed by atoms with Crippen molar-refractivity contribution in [1.29, 1.82) is 0 Å². The maximum Gasteiger partial charge on any atom is 0.246 e. The monoisotopic (exact) mass is 329 g/mol. The van der Waals surface area contributed by atoms with Gasteiger partial charge in [-0.3, -0.25) is 14.4 Å². The summed E-state index contributed by atoms with van der Waals surface area (Å²) in [6, 6.07) is 7.31. The number of piperazine rings is 1. The van der Waals surface area contributed by atoms with E-state index in [-0.39, 0.29) is 24.3 Å². The van der Waals surface area contributed by atoms with E-state index < -0.39 is 6.04 Å². The Kier molecular flexibility index (Phi) is 4.55. The smallest absolute Gasteiger partial charge is 0.246 e. The van der Waals surface area contributed by atoms with Crippen molar-refractivity contribution in [1.82, 2.24) is 9.80 Å². The number of benzene rings is 1. The highest BCUT2D eigenvalue weighted by atomic mass is 16.2. The van der Waals surface area contributed by atoms with Crippen molar-refractivity contribution in [2.45, 2.75) is 32.7 Å². The molecule has 1 atom stereocenters. The largest absolute Gasteiger partial charge is 0.331 e. The van der Waals surface area contributed by atoms with Crippen LogP contribution in [0.1, 0.15) is 25.3 Å². The second kappa shape index (κ2) is 6.63. The summed E-state index contributed by atoms with van der Waals surface area (Å²) in [7, 11) is 0. The molecule has 24 heavy (non-hydrogen) atoms. The van der Waals surface area contributed by atoms with Crippen molar-refractivity contribution in [3.8, 4) is 0 Å². The molecule has 1 aromatic rings. The molecule has 2 fully saturated rings. The third-order valence-corrected chi connectivity index (χ3v) is 4.81. The Balaban J connectivity index is 1.64. The maximum atomic E-state index is 12.6. The third-order valence-electron chi connectivity index (χ3n) is 4.81. The minimum Gasteiger partial charge on any atom is -0.331 e. The van der Waals surface area contributed by atoms with Crippen molar-refractivity contribution in [3.63, 3.8) is 0 Å². The van der Waals surface area contributed by atoms with Crippen LogP contribution in [0.4, 0.5) is 5.69 Å². The van der Waals surface area contributed by atoms with E-state index in [1.807, 2.05) is 31.2 Å². The van der Waals surface area contributed by atoms with Gasteiger partial charge in [0.25, 0.3) is 0 Å². The van der Waals surface area contributed by atoms with Gasteiger partial charge in [0.2, 0.25) is 17.7 Å². The number of carbonyl (C=O) groups excluding carboxylic acids is 3. The minimum atomic E-state index is -0.487. The van der Waals surface area contributed by atoms with Gasteiger partial charge in [-0.1, -0.05) is 17.7 Å². The molecular weight excluding hydrogens is 306 g/mol. The average molecular weight is 329 g/mol. The lowest BCUT2D eigenvalue weighted by Crippen LogP contribution is -2.56. The molecule has 0 unspecified atom stereocenters. The van der Waals surface area contributed by atoms with Crippen molar-refractivity contribution in [2.75, 3.05) is 31.1 Å². The van der Waals surface area contributed by atoms with E-state index >= 15 is 0 Å². The number of anilines is 1. The van der Waals surface area contributed by atoms with Gasteiger partial charge in [-0.05, 0) is 32.4 Å². The summed E-state index contributed by atoms with van der Waals surface area (Å²) in [6.45, 7) is 5.42. The van der Waals surface area contributed by atoms with E-state index in [1.165, 1.54) is 0 Å². The van der Waals surface area contributed by atoms with Gasteiger partial charge in [0.15, 0.2) is 0 Å². The number of likely N-dealkylation sites (tertiary alicyclic amines) is 1. The molecule has 6 nitrogen and oxygen atoms in total. The lowest BCUT2D eigenvalue weighted by molar-refractivity contribution is -0.145. The molecule has 6 heteroatoms. The van der Waals surface area contributed by atoms with Crippen molar-refractivity contribution < 1.29 is 14.4 Å². The fourth-order valence-corrected chi connectivity index (χ4v) is 3.34. The molecule has 0 saturated carbocycles. The van der Waals surface area contributed by atoms with Gasteiger partial charge >= 0.3 is 0 Å². The summed E-state index contributed by atoms with van der Waals surface area (Å²) in [5, 5.41) is 0. The summed E-state index contributed by atoms with van der Waals surface area (Å²) < 4.78 is 0. The van der Waals surface area contributed by atoms with E-state index in [0.717, 1.165) is 17.7 Å². The molecule has 3 rings (SSSR count). The summed E-state index contributed by atoms with van der Waals surface area (Å²) in [5.74, 6) is -0.193. The molecule has 2 aliphatic heterocycles. The van der Waals surface area contributed by atoms with Crippen LogP contribution in [-0.4, -0.2) is 59.7 Å². The van der Waals surface area contributed by atoms with E-state index in [4.69, 9.17) is 0 Å². The molecule has 1 aromatic carbocycles. The van der Waals surface area contributed by atoms with Crippen LogP contribution in [-0.2, 0) is 14.4 Å². The first-order valence-corrected chi connectivity index (χ1v) is 8.42. The molecule has 128 valence electrons. The Morgan fingerprint density at radius 3 is 2.33 bits per heavy atom. The van der Waals surface area contributed by atoms with Crippen molar-refractivity contribution in [3.05, 3.63) is 29.8 Å². The highest BCUT2D eigenvalue weighted by Gasteiger charge is 2.35. The fraction of sp³-hybridized carbons (Fsp3) is 0.500. The number of nitrogens with zero attached hydrogens (tertiary/aromatic N) is 3. The zero-order valence-electron chi connectivity index (χ0n) is 14.2. The Morgan fingerprint density at radius 2 is 1.75 bits per heavy atom. The lowest BCUT2D eigenvalue weighted by atomic mass is 10.1. The number of amides is 3. The lowest BCUT2D eigenvalue weighted by Gasteiger charge is -2.37. The van der Waals surface area contributed by atoms with Crippen LogP contribution in [0.2, 0.25) is 0 Å². The van der Waals surface area contributed by atoms with Gasteiger partial charge in [-0.2, -0.15) is 0 Å². The molecule has 2 saturated heterocycles.